The first-order chi connectivity index (χ1) is 7.34. The summed E-state index contributed by atoms with van der Waals surface area (Å²) in [6, 6.07) is 1.01. The lowest BCUT2D eigenvalue weighted by Crippen LogP contribution is -2.15. The summed E-state index contributed by atoms with van der Waals surface area (Å²) < 4.78 is 25.0. The summed E-state index contributed by atoms with van der Waals surface area (Å²) in [6.07, 6.45) is -3.14. The second-order valence-corrected chi connectivity index (χ2v) is 2.98. The Morgan fingerprint density at radius 1 is 1.62 bits per heavy atom. The second kappa shape index (κ2) is 4.17. The highest BCUT2D eigenvalue weighted by molar-refractivity contribution is 5.91. The first kappa shape index (κ1) is 12.0. The molecule has 1 aromatic rings. The Labute approximate surface area is 88.2 Å². The number of alkyl halides is 2. The van der Waals surface area contributed by atoms with E-state index in [9.17, 15) is 23.7 Å². The molecule has 1 amide bonds. The number of carbonyl (C=O) groups excluding carboxylic acids is 1. The fourth-order valence-electron chi connectivity index (χ4n) is 1.21. The minimum atomic E-state index is -3.14. The Kier molecular flexibility index (Phi) is 3.11. The zero-order valence-electron chi connectivity index (χ0n) is 8.11. The third-order valence-electron chi connectivity index (χ3n) is 1.85. The third kappa shape index (κ3) is 2.10. The van der Waals surface area contributed by atoms with Crippen LogP contribution in [0.2, 0.25) is 0 Å². The first-order valence-corrected chi connectivity index (χ1v) is 4.08. The lowest BCUT2D eigenvalue weighted by atomic mass is 10.1. The Balaban J connectivity index is 3.51. The summed E-state index contributed by atoms with van der Waals surface area (Å²) in [6.45, 7) is 1.23. The van der Waals surface area contributed by atoms with Gasteiger partial charge in [0.25, 0.3) is 18.0 Å². The monoisotopic (exact) mass is 231 g/mol. The van der Waals surface area contributed by atoms with Gasteiger partial charge >= 0.3 is 0 Å². The van der Waals surface area contributed by atoms with Gasteiger partial charge in [0.15, 0.2) is 5.69 Å². The van der Waals surface area contributed by atoms with E-state index in [-0.39, 0.29) is 5.56 Å². The number of aromatic nitrogens is 1. The van der Waals surface area contributed by atoms with E-state index in [1.165, 1.54) is 6.92 Å². The van der Waals surface area contributed by atoms with Gasteiger partial charge < -0.3 is 5.73 Å². The number of primary amides is 1. The van der Waals surface area contributed by atoms with Crippen molar-refractivity contribution in [2.24, 2.45) is 5.73 Å². The van der Waals surface area contributed by atoms with Gasteiger partial charge in [-0.1, -0.05) is 0 Å². The molecule has 0 atom stereocenters. The summed E-state index contributed by atoms with van der Waals surface area (Å²) in [4.78, 5) is 23.5. The summed E-state index contributed by atoms with van der Waals surface area (Å²) in [5.74, 6) is -1.01. The van der Waals surface area contributed by atoms with Gasteiger partial charge in [0.2, 0.25) is 0 Å². The highest BCUT2D eigenvalue weighted by atomic mass is 19.3. The quantitative estimate of drug-likeness (QED) is 0.626. The summed E-state index contributed by atoms with van der Waals surface area (Å²) >= 11 is 0. The minimum absolute atomic E-state index is 0.0795. The fourth-order valence-corrected chi connectivity index (χ4v) is 1.21. The lowest BCUT2D eigenvalue weighted by Gasteiger charge is -2.05. The maximum absolute atomic E-state index is 12.5. The van der Waals surface area contributed by atoms with E-state index in [0.29, 0.717) is 0 Å². The molecule has 1 aromatic heterocycles. The lowest BCUT2D eigenvalue weighted by molar-refractivity contribution is -0.387. The molecule has 0 saturated carbocycles. The van der Waals surface area contributed by atoms with Crippen LogP contribution >= 0.6 is 0 Å². The van der Waals surface area contributed by atoms with E-state index in [4.69, 9.17) is 5.73 Å². The van der Waals surface area contributed by atoms with Crippen LogP contribution < -0.4 is 5.73 Å². The van der Waals surface area contributed by atoms with E-state index in [2.05, 4.69) is 4.98 Å². The molecule has 0 radical (unpaired) electrons. The Bertz CT molecular complexity index is 462. The van der Waals surface area contributed by atoms with Crippen molar-refractivity contribution in [1.29, 1.82) is 0 Å². The van der Waals surface area contributed by atoms with E-state index in [1.807, 2.05) is 0 Å². The number of pyridine rings is 1. The van der Waals surface area contributed by atoms with Gasteiger partial charge in [-0.3, -0.25) is 14.9 Å². The fraction of sp³-hybridized carbons (Fsp3) is 0.250. The Hall–Kier alpha value is -2.12. The average Bonchev–Trinajstić information content (AvgIpc) is 2.15. The molecule has 86 valence electrons. The smallest absolute Gasteiger partial charge is 0.299 e. The molecule has 16 heavy (non-hydrogen) atoms. The SMILES string of the molecule is Cc1cc(C(N)=O)nc(C(F)F)c1[N+](=O)[O-]. The number of amides is 1. The first-order valence-electron chi connectivity index (χ1n) is 4.08. The van der Waals surface area contributed by atoms with E-state index < -0.39 is 34.3 Å². The van der Waals surface area contributed by atoms with Crippen molar-refractivity contribution >= 4 is 11.6 Å². The van der Waals surface area contributed by atoms with Gasteiger partial charge in [0, 0.05) is 5.56 Å². The molecule has 0 aliphatic rings. The van der Waals surface area contributed by atoms with Gasteiger partial charge in [-0.25, -0.2) is 13.8 Å². The van der Waals surface area contributed by atoms with Crippen molar-refractivity contribution in [3.8, 4) is 0 Å². The number of carbonyl (C=O) groups is 1. The van der Waals surface area contributed by atoms with Gasteiger partial charge in [-0.2, -0.15) is 0 Å². The molecule has 0 aliphatic heterocycles. The molecular formula is C8H7F2N3O3. The van der Waals surface area contributed by atoms with E-state index >= 15 is 0 Å². The number of nitrogens with two attached hydrogens (primary N) is 1. The Morgan fingerprint density at radius 3 is 2.56 bits per heavy atom. The molecule has 0 saturated heterocycles. The van der Waals surface area contributed by atoms with Crippen LogP contribution in [0, 0.1) is 17.0 Å². The van der Waals surface area contributed by atoms with Crippen LogP contribution in [-0.4, -0.2) is 15.8 Å². The zero-order chi connectivity index (χ0) is 12.5. The summed E-state index contributed by atoms with van der Waals surface area (Å²) in [5, 5.41) is 10.5. The largest absolute Gasteiger partial charge is 0.364 e. The van der Waals surface area contributed by atoms with Gasteiger partial charge in [-0.15, -0.1) is 0 Å². The van der Waals surface area contributed by atoms with Crippen LogP contribution in [0.25, 0.3) is 0 Å². The highest BCUT2D eigenvalue weighted by Crippen LogP contribution is 2.30. The predicted molar refractivity (Wildman–Crippen MR) is 49.1 cm³/mol. The molecule has 0 spiro atoms. The van der Waals surface area contributed by atoms with Gasteiger partial charge in [0.1, 0.15) is 5.69 Å². The maximum atomic E-state index is 12.5. The van der Waals surface area contributed by atoms with Crippen LogP contribution in [0.1, 0.15) is 28.2 Å². The van der Waals surface area contributed by atoms with Crippen LogP contribution in [0.5, 0.6) is 0 Å². The molecule has 0 aliphatic carbocycles. The highest BCUT2D eigenvalue weighted by Gasteiger charge is 2.27. The molecule has 1 heterocycles. The number of nitrogens with zero attached hydrogens (tertiary/aromatic N) is 2. The maximum Gasteiger partial charge on any atom is 0.299 e. The molecule has 0 bridgehead atoms. The Morgan fingerprint density at radius 2 is 2.19 bits per heavy atom. The zero-order valence-corrected chi connectivity index (χ0v) is 8.11. The van der Waals surface area contributed by atoms with Crippen molar-refractivity contribution < 1.29 is 18.5 Å². The van der Waals surface area contributed by atoms with Crippen LogP contribution in [-0.2, 0) is 0 Å². The van der Waals surface area contributed by atoms with Gasteiger partial charge in [0.05, 0.1) is 4.92 Å². The molecule has 0 unspecified atom stereocenters. The number of aryl methyl sites for hydroxylation is 1. The number of rotatable bonds is 3. The van der Waals surface area contributed by atoms with Gasteiger partial charge in [-0.05, 0) is 13.0 Å². The van der Waals surface area contributed by atoms with Crippen LogP contribution in [0.15, 0.2) is 6.07 Å². The number of halogens is 2. The van der Waals surface area contributed by atoms with Crippen molar-refractivity contribution in [2.45, 2.75) is 13.3 Å². The number of nitro groups is 1. The van der Waals surface area contributed by atoms with Crippen molar-refractivity contribution in [3.05, 3.63) is 33.1 Å². The molecule has 2 N–H and O–H groups in total. The molecule has 1 rings (SSSR count). The second-order valence-electron chi connectivity index (χ2n) is 2.98. The number of hydrogen-bond acceptors (Lipinski definition) is 4. The standard InChI is InChI=1S/C8H7F2N3O3/c1-3-2-4(8(11)14)12-5(7(9)10)6(3)13(15)16/h2,7H,1H3,(H2,11,14). The third-order valence-corrected chi connectivity index (χ3v) is 1.85. The van der Waals surface area contributed by atoms with Crippen molar-refractivity contribution in [3.63, 3.8) is 0 Å². The molecule has 8 heteroatoms. The van der Waals surface area contributed by atoms with Crippen molar-refractivity contribution in [2.75, 3.05) is 0 Å². The minimum Gasteiger partial charge on any atom is -0.364 e. The van der Waals surface area contributed by atoms with Crippen LogP contribution in [0.4, 0.5) is 14.5 Å². The topological polar surface area (TPSA) is 99.1 Å². The molecular weight excluding hydrogens is 224 g/mol. The molecule has 6 nitrogen and oxygen atoms in total. The normalized spacial score (nSPS) is 10.5. The van der Waals surface area contributed by atoms with E-state index in [0.717, 1.165) is 6.07 Å². The summed E-state index contributed by atoms with van der Waals surface area (Å²) in [7, 11) is 0. The van der Waals surface area contributed by atoms with E-state index in [1.54, 1.807) is 0 Å². The van der Waals surface area contributed by atoms with Crippen molar-refractivity contribution in [1.82, 2.24) is 4.98 Å². The molecule has 0 aromatic carbocycles. The molecule has 0 fully saturated rings. The average molecular weight is 231 g/mol. The van der Waals surface area contributed by atoms with Crippen LogP contribution in [0.3, 0.4) is 0 Å². The summed E-state index contributed by atoms with van der Waals surface area (Å²) in [5.41, 5.74) is 2.53. The number of hydrogen-bond donors (Lipinski definition) is 1. The predicted octanol–water partition coefficient (Wildman–Crippen LogP) is 1.33.